The van der Waals surface area contributed by atoms with E-state index < -0.39 is 5.56 Å². The van der Waals surface area contributed by atoms with Crippen LogP contribution in [-0.4, -0.2) is 34.5 Å². The first-order chi connectivity index (χ1) is 8.54. The van der Waals surface area contributed by atoms with Gasteiger partial charge in [0.25, 0.3) is 11.2 Å². The molecule has 0 aromatic carbocycles. The molecule has 98 valence electrons. The molecule has 6 heteroatoms. The van der Waals surface area contributed by atoms with Crippen LogP contribution in [-0.2, 0) is 6.54 Å². The third-order valence-corrected chi connectivity index (χ3v) is 2.87. The van der Waals surface area contributed by atoms with Crippen molar-refractivity contribution in [1.29, 1.82) is 0 Å². The van der Waals surface area contributed by atoms with Crippen LogP contribution in [0.5, 0.6) is 5.88 Å². The molecule has 0 unspecified atom stereocenters. The van der Waals surface area contributed by atoms with Crippen molar-refractivity contribution in [3.63, 3.8) is 0 Å². The fourth-order valence-electron chi connectivity index (χ4n) is 1.67. The highest BCUT2D eigenvalue weighted by Crippen LogP contribution is 2.24. The maximum Gasteiger partial charge on any atom is 0.259 e. The molecule has 0 fully saturated rings. The summed E-state index contributed by atoms with van der Waals surface area (Å²) in [5, 5.41) is 21.4. The maximum absolute atomic E-state index is 12.0. The molecule has 0 aliphatic rings. The van der Waals surface area contributed by atoms with Gasteiger partial charge in [0.15, 0.2) is 5.88 Å². The van der Waals surface area contributed by atoms with Crippen LogP contribution < -0.4 is 10.9 Å². The summed E-state index contributed by atoms with van der Waals surface area (Å²) in [6, 6.07) is 0. The summed E-state index contributed by atoms with van der Waals surface area (Å²) in [6.45, 7) is 11.5. The van der Waals surface area contributed by atoms with Gasteiger partial charge in [0.1, 0.15) is 0 Å². The van der Waals surface area contributed by atoms with Gasteiger partial charge in [-0.2, -0.15) is 0 Å². The van der Waals surface area contributed by atoms with E-state index in [1.807, 2.05) is 0 Å². The summed E-state index contributed by atoms with van der Waals surface area (Å²) in [7, 11) is 0. The zero-order valence-corrected chi connectivity index (χ0v) is 10.5. The summed E-state index contributed by atoms with van der Waals surface area (Å²) in [6.07, 6.45) is 0. The lowest BCUT2D eigenvalue weighted by Crippen LogP contribution is -2.29. The Hall–Kier alpha value is -1.84. The third kappa shape index (κ3) is 2.70. The number of hydrogen-bond donors (Lipinski definition) is 3. The van der Waals surface area contributed by atoms with E-state index in [1.165, 1.54) is 4.57 Å². The predicted molar refractivity (Wildman–Crippen MR) is 68.1 cm³/mol. The Morgan fingerprint density at radius 1 is 1.33 bits per heavy atom. The number of nitrogens with one attached hydrogen (secondary N) is 1. The quantitative estimate of drug-likeness (QED) is 0.519. The molecule has 0 spiro atoms. The molecule has 6 nitrogen and oxygen atoms in total. The Morgan fingerprint density at radius 3 is 2.56 bits per heavy atom. The number of aromatic nitrogens is 1. The van der Waals surface area contributed by atoms with Gasteiger partial charge in [-0.1, -0.05) is 0 Å². The van der Waals surface area contributed by atoms with E-state index in [-0.39, 0.29) is 24.7 Å². The normalized spacial score (nSPS) is 10.3. The minimum Gasteiger partial charge on any atom is -0.494 e. The monoisotopic (exact) mass is 251 g/mol. The highest BCUT2D eigenvalue weighted by atomic mass is 16.3. The van der Waals surface area contributed by atoms with Crippen LogP contribution in [0.2, 0.25) is 0 Å². The van der Waals surface area contributed by atoms with Crippen LogP contribution in [0.4, 0.5) is 5.69 Å². The molecule has 0 bridgehead atoms. The lowest BCUT2D eigenvalue weighted by atomic mass is 10.1. The van der Waals surface area contributed by atoms with Crippen molar-refractivity contribution in [3.8, 4) is 5.88 Å². The third-order valence-electron chi connectivity index (χ3n) is 2.87. The first-order valence-electron chi connectivity index (χ1n) is 5.66. The van der Waals surface area contributed by atoms with E-state index >= 15 is 0 Å². The molecular formula is C12H17N3O3. The molecule has 1 rings (SSSR count). The van der Waals surface area contributed by atoms with Crippen molar-refractivity contribution in [2.24, 2.45) is 0 Å². The van der Waals surface area contributed by atoms with Gasteiger partial charge in [0.2, 0.25) is 0 Å². The molecule has 0 radical (unpaired) electrons. The van der Waals surface area contributed by atoms with E-state index in [4.69, 9.17) is 11.7 Å². The summed E-state index contributed by atoms with van der Waals surface area (Å²) in [5.74, 6) is -0.101. The molecule has 3 N–H and O–H groups in total. The van der Waals surface area contributed by atoms with E-state index in [9.17, 15) is 9.90 Å². The van der Waals surface area contributed by atoms with Gasteiger partial charge >= 0.3 is 0 Å². The topological polar surface area (TPSA) is 78.8 Å². The maximum atomic E-state index is 12.0. The standard InChI is InChI=1S/C12H17N3O3/c1-8-9(2)11(17)15(6-4-14-5-7-16)12(18)10(8)13-3/h14,16-17H,4-7H2,1-2H3. The van der Waals surface area contributed by atoms with Gasteiger partial charge in [-0.25, -0.2) is 4.85 Å². The molecule has 1 aromatic rings. The average Bonchev–Trinajstić information content (AvgIpc) is 2.36. The molecule has 1 heterocycles. The van der Waals surface area contributed by atoms with Crippen LogP contribution in [0.15, 0.2) is 4.79 Å². The molecule has 0 amide bonds. The second kappa shape index (κ2) is 6.19. The molecule has 0 atom stereocenters. The average molecular weight is 251 g/mol. The molecular weight excluding hydrogens is 234 g/mol. The van der Waals surface area contributed by atoms with Crippen molar-refractivity contribution in [2.75, 3.05) is 19.7 Å². The van der Waals surface area contributed by atoms with Gasteiger partial charge in [0, 0.05) is 25.2 Å². The smallest absolute Gasteiger partial charge is 0.259 e. The van der Waals surface area contributed by atoms with Gasteiger partial charge < -0.3 is 15.5 Å². The Bertz CT molecular complexity index is 529. The van der Waals surface area contributed by atoms with Gasteiger partial charge in [-0.15, -0.1) is 0 Å². The minimum atomic E-state index is -0.476. The predicted octanol–water partition coefficient (Wildman–Crippen LogP) is 0.303. The van der Waals surface area contributed by atoms with Crippen molar-refractivity contribution in [3.05, 3.63) is 32.9 Å². The van der Waals surface area contributed by atoms with Gasteiger partial charge in [0.05, 0.1) is 13.2 Å². The van der Waals surface area contributed by atoms with Crippen LogP contribution in [0, 0.1) is 20.4 Å². The number of aliphatic hydroxyl groups excluding tert-OH is 1. The largest absolute Gasteiger partial charge is 0.494 e. The lowest BCUT2D eigenvalue weighted by molar-refractivity contribution is 0.290. The summed E-state index contributed by atoms with van der Waals surface area (Å²) < 4.78 is 1.18. The van der Waals surface area contributed by atoms with Gasteiger partial charge in [-0.05, 0) is 19.4 Å². The Kier molecular flexibility index (Phi) is 4.89. The Morgan fingerprint density at radius 2 is 2.00 bits per heavy atom. The van der Waals surface area contributed by atoms with Crippen LogP contribution >= 0.6 is 0 Å². The van der Waals surface area contributed by atoms with Crippen molar-refractivity contribution < 1.29 is 10.2 Å². The van der Waals surface area contributed by atoms with Gasteiger partial charge in [-0.3, -0.25) is 9.36 Å². The molecule has 18 heavy (non-hydrogen) atoms. The summed E-state index contributed by atoms with van der Waals surface area (Å²) in [4.78, 5) is 15.2. The van der Waals surface area contributed by atoms with Crippen molar-refractivity contribution in [1.82, 2.24) is 9.88 Å². The van der Waals surface area contributed by atoms with E-state index in [2.05, 4.69) is 10.2 Å². The second-order valence-electron chi connectivity index (χ2n) is 3.96. The number of nitrogens with zero attached hydrogens (tertiary/aromatic N) is 2. The van der Waals surface area contributed by atoms with Crippen LogP contribution in [0.25, 0.3) is 4.85 Å². The SMILES string of the molecule is [C-]#[N+]c1c(C)c(C)c(O)n(CCNCCO)c1=O. The fraction of sp³-hybridized carbons (Fsp3) is 0.500. The second-order valence-corrected chi connectivity index (χ2v) is 3.96. The Labute approximate surface area is 105 Å². The van der Waals surface area contributed by atoms with E-state index in [1.54, 1.807) is 13.8 Å². The van der Waals surface area contributed by atoms with E-state index in [0.29, 0.717) is 24.2 Å². The highest BCUT2D eigenvalue weighted by Gasteiger charge is 2.15. The first kappa shape index (κ1) is 14.2. The number of rotatable bonds is 5. The molecule has 0 aliphatic heterocycles. The number of aliphatic hydroxyl groups is 1. The zero-order chi connectivity index (χ0) is 13.7. The van der Waals surface area contributed by atoms with Crippen LogP contribution in [0.1, 0.15) is 11.1 Å². The first-order valence-corrected chi connectivity index (χ1v) is 5.66. The minimum absolute atomic E-state index is 0.0150. The fourth-order valence-corrected chi connectivity index (χ4v) is 1.67. The zero-order valence-electron chi connectivity index (χ0n) is 10.5. The Balaban J connectivity index is 3.09. The highest BCUT2D eigenvalue weighted by molar-refractivity contribution is 5.55. The summed E-state index contributed by atoms with van der Waals surface area (Å²) in [5.41, 5.74) is 0.638. The molecule has 1 aromatic heterocycles. The summed E-state index contributed by atoms with van der Waals surface area (Å²) >= 11 is 0. The van der Waals surface area contributed by atoms with E-state index in [0.717, 1.165) is 0 Å². The van der Waals surface area contributed by atoms with Crippen molar-refractivity contribution >= 4 is 5.69 Å². The number of aromatic hydroxyl groups is 1. The molecule has 0 aliphatic carbocycles. The molecule has 0 saturated heterocycles. The molecule has 0 saturated carbocycles. The van der Waals surface area contributed by atoms with Crippen molar-refractivity contribution in [2.45, 2.75) is 20.4 Å². The lowest BCUT2D eigenvalue weighted by Gasteiger charge is -2.14. The van der Waals surface area contributed by atoms with Crippen LogP contribution in [0.3, 0.4) is 0 Å². The number of hydrogen-bond acceptors (Lipinski definition) is 4. The number of pyridine rings is 1.